The molecule has 0 aliphatic rings. The van der Waals surface area contributed by atoms with Crippen molar-refractivity contribution >= 4 is 0 Å². The summed E-state index contributed by atoms with van der Waals surface area (Å²) in [7, 11) is 1.67. The fraction of sp³-hybridized carbons (Fsp3) is 0.600. The summed E-state index contributed by atoms with van der Waals surface area (Å²) in [5.74, 6) is -4.11. The lowest BCUT2D eigenvalue weighted by Gasteiger charge is -2.20. The van der Waals surface area contributed by atoms with Gasteiger partial charge in [0.1, 0.15) is 6.61 Å². The maximum Gasteiger partial charge on any atom is 0.330 e. The zero-order valence-electron chi connectivity index (χ0n) is 12.2. The van der Waals surface area contributed by atoms with Crippen molar-refractivity contribution in [2.45, 2.75) is 38.2 Å². The van der Waals surface area contributed by atoms with Crippen LogP contribution in [0, 0.1) is 0 Å². The Balaban J connectivity index is 2.61. The molecule has 0 fully saturated rings. The Morgan fingerprint density at radius 3 is 2.57 bits per heavy atom. The molecule has 0 bridgehead atoms. The van der Waals surface area contributed by atoms with Gasteiger partial charge in [-0.1, -0.05) is 37.6 Å². The first-order chi connectivity index (χ1) is 9.90. The molecule has 1 atom stereocenters. The first-order valence-corrected chi connectivity index (χ1v) is 6.90. The topological polar surface area (TPSA) is 21.3 Å². The lowest BCUT2D eigenvalue weighted by atomic mass is 10.0. The van der Waals surface area contributed by atoms with Gasteiger partial charge in [0.15, 0.2) is 0 Å². The van der Waals surface area contributed by atoms with E-state index in [1.807, 2.05) is 24.3 Å². The largest absolute Gasteiger partial charge is 0.373 e. The smallest absolute Gasteiger partial charge is 0.330 e. The van der Waals surface area contributed by atoms with Gasteiger partial charge in [-0.3, -0.25) is 0 Å². The number of alkyl halides is 4. The lowest BCUT2D eigenvalue weighted by molar-refractivity contribution is -0.167. The predicted molar refractivity (Wildman–Crippen MR) is 74.0 cm³/mol. The zero-order chi connectivity index (χ0) is 15.9. The fourth-order valence-electron chi connectivity index (χ4n) is 1.98. The quantitative estimate of drug-likeness (QED) is 0.700. The zero-order valence-corrected chi connectivity index (χ0v) is 12.2. The molecular weight excluding hydrogens is 286 g/mol. The highest BCUT2D eigenvalue weighted by Crippen LogP contribution is 2.24. The van der Waals surface area contributed by atoms with E-state index in [0.717, 1.165) is 24.0 Å². The van der Waals surface area contributed by atoms with E-state index in [1.165, 1.54) is 0 Å². The van der Waals surface area contributed by atoms with E-state index in [4.69, 9.17) is 4.74 Å². The summed E-state index contributed by atoms with van der Waals surface area (Å²) in [4.78, 5) is 0. The Morgan fingerprint density at radius 2 is 2.00 bits per heavy atom. The molecule has 0 radical (unpaired) electrons. The van der Waals surface area contributed by atoms with Gasteiger partial charge in [0.05, 0.1) is 12.6 Å². The Kier molecular flexibility index (Phi) is 7.11. The summed E-state index contributed by atoms with van der Waals surface area (Å²) in [6, 6.07) is 7.40. The van der Waals surface area contributed by atoms with E-state index in [2.05, 4.69) is 12.2 Å². The minimum absolute atomic E-state index is 0.0889. The van der Waals surface area contributed by atoms with Crippen molar-refractivity contribution in [3.8, 4) is 0 Å². The van der Waals surface area contributed by atoms with Gasteiger partial charge < -0.3 is 10.1 Å². The number of rotatable bonds is 9. The molecule has 0 saturated carbocycles. The number of nitrogens with one attached hydrogen (secondary N) is 1. The summed E-state index contributed by atoms with van der Waals surface area (Å²) in [6.45, 7) is 0.698. The van der Waals surface area contributed by atoms with Crippen LogP contribution in [-0.4, -0.2) is 32.6 Å². The normalized spacial score (nSPS) is 13.7. The summed E-state index contributed by atoms with van der Waals surface area (Å²) in [6.07, 6.45) is -1.78. The highest BCUT2D eigenvalue weighted by molar-refractivity contribution is 5.26. The number of hydrogen-bond acceptors (Lipinski definition) is 2. The average molecular weight is 307 g/mol. The van der Waals surface area contributed by atoms with Gasteiger partial charge in [0, 0.05) is 0 Å². The average Bonchev–Trinajstić information content (AvgIpc) is 2.44. The number of benzene rings is 1. The van der Waals surface area contributed by atoms with Gasteiger partial charge in [-0.15, -0.1) is 0 Å². The molecule has 0 spiro atoms. The van der Waals surface area contributed by atoms with Crippen molar-refractivity contribution in [2.24, 2.45) is 0 Å². The predicted octanol–water partition coefficient (Wildman–Crippen LogP) is 3.82. The molecule has 0 aromatic heterocycles. The Bertz CT molecular complexity index is 426. The number of ether oxygens (including phenoxy) is 1. The van der Waals surface area contributed by atoms with Crippen LogP contribution in [0.25, 0.3) is 0 Å². The Hall–Kier alpha value is -1.14. The van der Waals surface area contributed by atoms with Crippen LogP contribution in [0.3, 0.4) is 0 Å². The molecule has 0 saturated heterocycles. The molecule has 1 unspecified atom stereocenters. The third-order valence-corrected chi connectivity index (χ3v) is 3.14. The van der Waals surface area contributed by atoms with Gasteiger partial charge >= 0.3 is 12.3 Å². The minimum Gasteiger partial charge on any atom is -0.373 e. The third-order valence-electron chi connectivity index (χ3n) is 3.14. The molecule has 1 aromatic rings. The molecule has 0 aliphatic carbocycles. The maximum absolute atomic E-state index is 12.8. The maximum atomic E-state index is 12.8. The van der Waals surface area contributed by atoms with Gasteiger partial charge in [0.25, 0.3) is 0 Å². The van der Waals surface area contributed by atoms with Crippen LogP contribution in [-0.2, 0) is 11.2 Å². The Morgan fingerprint density at radius 1 is 1.29 bits per heavy atom. The first-order valence-electron chi connectivity index (χ1n) is 6.90. The molecule has 1 rings (SSSR count). The summed E-state index contributed by atoms with van der Waals surface area (Å²) < 4.78 is 54.4. The molecule has 0 amide bonds. The van der Waals surface area contributed by atoms with E-state index in [-0.39, 0.29) is 12.6 Å². The van der Waals surface area contributed by atoms with E-state index < -0.39 is 19.0 Å². The molecule has 0 heterocycles. The third kappa shape index (κ3) is 5.63. The van der Waals surface area contributed by atoms with Crippen LogP contribution in [0.2, 0.25) is 0 Å². The first kappa shape index (κ1) is 17.9. The van der Waals surface area contributed by atoms with Crippen LogP contribution in [0.15, 0.2) is 24.3 Å². The molecule has 2 nitrogen and oxygen atoms in total. The van der Waals surface area contributed by atoms with Crippen molar-refractivity contribution < 1.29 is 22.3 Å². The minimum atomic E-state index is -4.11. The molecule has 1 N–H and O–H groups in total. The monoisotopic (exact) mass is 307 g/mol. The summed E-state index contributed by atoms with van der Waals surface area (Å²) in [5.41, 5.74) is 2.04. The lowest BCUT2D eigenvalue weighted by Crippen LogP contribution is -2.34. The Labute approximate surface area is 122 Å². The number of hydrogen-bond donors (Lipinski definition) is 1. The van der Waals surface area contributed by atoms with E-state index in [9.17, 15) is 17.6 Å². The number of likely N-dealkylation sites (N-methyl/N-ethyl adjacent to an activating group) is 1. The van der Waals surface area contributed by atoms with Crippen LogP contribution in [0.1, 0.15) is 30.5 Å². The molecular formula is C15H21F4NO. The number of halogens is 4. The fourth-order valence-corrected chi connectivity index (χ4v) is 1.98. The van der Waals surface area contributed by atoms with E-state index >= 15 is 0 Å². The van der Waals surface area contributed by atoms with Gasteiger partial charge in [-0.05, 0) is 24.6 Å². The van der Waals surface area contributed by atoms with Crippen molar-refractivity contribution in [3.05, 3.63) is 35.4 Å². The molecule has 21 heavy (non-hydrogen) atoms. The summed E-state index contributed by atoms with van der Waals surface area (Å²) in [5, 5.41) is 2.95. The highest BCUT2D eigenvalue weighted by atomic mass is 19.3. The van der Waals surface area contributed by atoms with Gasteiger partial charge in [-0.2, -0.15) is 8.78 Å². The van der Waals surface area contributed by atoms with E-state index in [1.54, 1.807) is 7.05 Å². The summed E-state index contributed by atoms with van der Waals surface area (Å²) >= 11 is 0. The SMILES string of the molecule is CCCc1cccc(C(COCC(F)(F)C(F)F)NC)c1. The van der Waals surface area contributed by atoms with Gasteiger partial charge in [-0.25, -0.2) is 8.78 Å². The van der Waals surface area contributed by atoms with Crippen LogP contribution >= 0.6 is 0 Å². The van der Waals surface area contributed by atoms with Crippen molar-refractivity contribution in [2.75, 3.05) is 20.3 Å². The molecule has 120 valence electrons. The second kappa shape index (κ2) is 8.34. The van der Waals surface area contributed by atoms with Crippen molar-refractivity contribution in [1.29, 1.82) is 0 Å². The molecule has 6 heteroatoms. The van der Waals surface area contributed by atoms with Crippen molar-refractivity contribution in [3.63, 3.8) is 0 Å². The van der Waals surface area contributed by atoms with E-state index in [0.29, 0.717) is 0 Å². The second-order valence-electron chi connectivity index (χ2n) is 4.91. The van der Waals surface area contributed by atoms with Crippen LogP contribution in [0.4, 0.5) is 17.6 Å². The number of aryl methyl sites for hydroxylation is 1. The van der Waals surface area contributed by atoms with Crippen LogP contribution < -0.4 is 5.32 Å². The molecule has 0 aliphatic heterocycles. The standard InChI is InChI=1S/C15H21F4NO/c1-3-5-11-6-4-7-12(8-11)13(20-2)9-21-10-15(18,19)14(16)17/h4,6-8,13-14,20H,3,5,9-10H2,1-2H3. The highest BCUT2D eigenvalue weighted by Gasteiger charge is 2.41. The molecule has 1 aromatic carbocycles. The van der Waals surface area contributed by atoms with Crippen molar-refractivity contribution in [1.82, 2.24) is 5.32 Å². The second-order valence-corrected chi connectivity index (χ2v) is 4.91. The van der Waals surface area contributed by atoms with Gasteiger partial charge in [0.2, 0.25) is 0 Å². The van der Waals surface area contributed by atoms with Crippen LogP contribution in [0.5, 0.6) is 0 Å².